The predicted octanol–water partition coefficient (Wildman–Crippen LogP) is 2.88. The van der Waals surface area contributed by atoms with Gasteiger partial charge in [0.1, 0.15) is 0 Å². The monoisotopic (exact) mass is 287 g/mol. The highest BCUT2D eigenvalue weighted by atomic mass is 31.2. The number of aliphatic hydroxyl groups is 1. The lowest BCUT2D eigenvalue weighted by atomic mass is 10.0. The van der Waals surface area contributed by atoms with Crippen molar-refractivity contribution >= 4 is 7.75 Å². The molecule has 108 valence electrons. The molecule has 2 unspecified atom stereocenters. The molecule has 5 nitrogen and oxygen atoms in total. The van der Waals surface area contributed by atoms with Crippen molar-refractivity contribution in [1.29, 1.82) is 0 Å². The number of rotatable bonds is 8. The molecule has 0 radical (unpaired) electrons. The van der Waals surface area contributed by atoms with E-state index in [0.29, 0.717) is 0 Å². The molecule has 0 aliphatic carbocycles. The molecule has 2 atom stereocenters. The molecular weight excluding hydrogens is 265 g/mol. The summed E-state index contributed by atoms with van der Waals surface area (Å²) in [7, 11) is -3.36. The fourth-order valence-electron chi connectivity index (χ4n) is 1.71. The Kier molecular flexibility index (Phi) is 6.69. The van der Waals surface area contributed by atoms with Gasteiger partial charge >= 0.3 is 7.75 Å². The van der Waals surface area contributed by atoms with Crippen LogP contribution in [-0.4, -0.2) is 24.4 Å². The van der Waals surface area contributed by atoms with E-state index in [9.17, 15) is 9.67 Å². The quantitative estimate of drug-likeness (QED) is 0.720. The van der Waals surface area contributed by atoms with Gasteiger partial charge in [-0.2, -0.15) is 0 Å². The maximum Gasteiger partial charge on any atom is 0.405 e. The van der Waals surface area contributed by atoms with Crippen LogP contribution in [0.15, 0.2) is 30.3 Å². The summed E-state index contributed by atoms with van der Waals surface area (Å²) >= 11 is 0. The third-order valence-corrected chi connectivity index (χ3v) is 4.49. The van der Waals surface area contributed by atoms with Crippen molar-refractivity contribution in [2.45, 2.75) is 32.9 Å². The largest absolute Gasteiger partial charge is 0.405 e. The van der Waals surface area contributed by atoms with E-state index in [-0.39, 0.29) is 13.2 Å². The zero-order chi connectivity index (χ0) is 14.3. The van der Waals surface area contributed by atoms with Crippen LogP contribution in [0.4, 0.5) is 0 Å². The highest BCUT2D eigenvalue weighted by Crippen LogP contribution is 2.44. The summed E-state index contributed by atoms with van der Waals surface area (Å²) in [6.07, 6.45) is -0.782. The fourth-order valence-corrected chi connectivity index (χ4v) is 3.25. The zero-order valence-electron chi connectivity index (χ0n) is 11.6. The zero-order valence-corrected chi connectivity index (χ0v) is 12.5. The lowest BCUT2D eigenvalue weighted by Gasteiger charge is -2.25. The Bertz CT molecular complexity index is 402. The van der Waals surface area contributed by atoms with Crippen LogP contribution >= 0.6 is 7.75 Å². The van der Waals surface area contributed by atoms with E-state index < -0.39 is 19.9 Å². The van der Waals surface area contributed by atoms with E-state index in [1.165, 1.54) is 0 Å². The van der Waals surface area contributed by atoms with Crippen LogP contribution in [0.1, 0.15) is 32.4 Å². The van der Waals surface area contributed by atoms with Crippen LogP contribution in [0.3, 0.4) is 0 Å². The first kappa shape index (κ1) is 16.3. The van der Waals surface area contributed by atoms with E-state index in [4.69, 9.17) is 9.05 Å². The molecule has 0 saturated carbocycles. The van der Waals surface area contributed by atoms with Crippen LogP contribution in [0.5, 0.6) is 0 Å². The Balaban J connectivity index is 2.71. The van der Waals surface area contributed by atoms with Crippen LogP contribution in [0, 0.1) is 0 Å². The number of hydrogen-bond donors (Lipinski definition) is 2. The summed E-state index contributed by atoms with van der Waals surface area (Å²) in [6.45, 7) is 5.77. The van der Waals surface area contributed by atoms with Crippen molar-refractivity contribution in [3.05, 3.63) is 35.9 Å². The van der Waals surface area contributed by atoms with Gasteiger partial charge in [-0.1, -0.05) is 30.3 Å². The van der Waals surface area contributed by atoms with Crippen molar-refractivity contribution in [3.63, 3.8) is 0 Å². The lowest BCUT2D eigenvalue weighted by Crippen LogP contribution is -2.31. The summed E-state index contributed by atoms with van der Waals surface area (Å²) in [5.41, 5.74) is 0.752. The number of benzene rings is 1. The summed E-state index contributed by atoms with van der Waals surface area (Å²) in [4.78, 5) is 0. The van der Waals surface area contributed by atoms with Crippen molar-refractivity contribution in [3.8, 4) is 0 Å². The van der Waals surface area contributed by atoms with Gasteiger partial charge in [-0.25, -0.2) is 9.65 Å². The molecule has 0 fully saturated rings. The minimum Gasteiger partial charge on any atom is -0.387 e. The topological polar surface area (TPSA) is 67.8 Å². The van der Waals surface area contributed by atoms with Gasteiger partial charge in [0.15, 0.2) is 0 Å². The first-order valence-electron chi connectivity index (χ1n) is 6.42. The number of hydrogen-bond acceptors (Lipinski definition) is 4. The minimum absolute atomic E-state index is 0.276. The molecule has 0 aliphatic heterocycles. The molecule has 2 N–H and O–H groups in total. The van der Waals surface area contributed by atoms with E-state index in [2.05, 4.69) is 5.09 Å². The maximum absolute atomic E-state index is 12.3. The van der Waals surface area contributed by atoms with Gasteiger partial charge in [0, 0.05) is 6.04 Å². The standard InChI is InChI=1S/C13H22NO4P/c1-4-17-19(16,18-5-2)14-11(3)13(15)12-9-7-6-8-10-12/h6-11,13,15H,4-5H2,1-3H3,(H,14,16). The van der Waals surface area contributed by atoms with Crippen LogP contribution < -0.4 is 5.09 Å². The molecule has 6 heteroatoms. The normalized spacial score (nSPS) is 15.2. The van der Waals surface area contributed by atoms with Gasteiger partial charge in [0.25, 0.3) is 0 Å². The lowest BCUT2D eigenvalue weighted by molar-refractivity contribution is 0.133. The summed E-state index contributed by atoms with van der Waals surface area (Å²) in [6, 6.07) is 8.74. The molecule has 0 heterocycles. The fraction of sp³-hybridized carbons (Fsp3) is 0.538. The Morgan fingerprint density at radius 3 is 2.21 bits per heavy atom. The molecule has 0 saturated heterocycles. The second-order valence-electron chi connectivity index (χ2n) is 4.11. The summed E-state index contributed by atoms with van der Waals surface area (Å²) < 4.78 is 22.6. The molecule has 0 amide bonds. The van der Waals surface area contributed by atoms with Crippen molar-refractivity contribution < 1.29 is 18.7 Å². The molecule has 1 aromatic carbocycles. The Morgan fingerprint density at radius 1 is 1.21 bits per heavy atom. The highest BCUT2D eigenvalue weighted by molar-refractivity contribution is 7.51. The van der Waals surface area contributed by atoms with E-state index in [0.717, 1.165) is 5.56 Å². The van der Waals surface area contributed by atoms with Crippen LogP contribution in [0.2, 0.25) is 0 Å². The summed E-state index contributed by atoms with van der Waals surface area (Å²) in [5.74, 6) is 0. The van der Waals surface area contributed by atoms with E-state index in [1.54, 1.807) is 20.8 Å². The van der Waals surface area contributed by atoms with Crippen LogP contribution in [0.25, 0.3) is 0 Å². The smallest absolute Gasteiger partial charge is 0.387 e. The second-order valence-corrected chi connectivity index (χ2v) is 5.88. The molecule has 1 rings (SSSR count). The van der Waals surface area contributed by atoms with Gasteiger partial charge < -0.3 is 5.11 Å². The van der Waals surface area contributed by atoms with Gasteiger partial charge in [-0.3, -0.25) is 9.05 Å². The van der Waals surface area contributed by atoms with Crippen molar-refractivity contribution in [2.24, 2.45) is 0 Å². The van der Waals surface area contributed by atoms with Crippen molar-refractivity contribution in [2.75, 3.05) is 13.2 Å². The maximum atomic E-state index is 12.3. The molecule has 0 bridgehead atoms. The summed E-state index contributed by atoms with van der Waals surface area (Å²) in [5, 5.41) is 12.9. The SMILES string of the molecule is CCOP(=O)(NC(C)C(O)c1ccccc1)OCC. The van der Waals surface area contributed by atoms with Gasteiger partial charge in [-0.15, -0.1) is 0 Å². The van der Waals surface area contributed by atoms with E-state index in [1.807, 2.05) is 30.3 Å². The molecule has 0 aliphatic rings. The van der Waals surface area contributed by atoms with Gasteiger partial charge in [0.2, 0.25) is 0 Å². The Labute approximate surface area is 114 Å². The third-order valence-electron chi connectivity index (χ3n) is 2.57. The third kappa shape index (κ3) is 5.05. The van der Waals surface area contributed by atoms with Crippen LogP contribution in [-0.2, 0) is 13.6 Å². The molecular formula is C13H22NO4P. The molecule has 0 aromatic heterocycles. The number of nitrogens with one attached hydrogen (secondary N) is 1. The molecule has 0 spiro atoms. The Morgan fingerprint density at radius 2 is 1.74 bits per heavy atom. The van der Waals surface area contributed by atoms with E-state index >= 15 is 0 Å². The van der Waals surface area contributed by atoms with Gasteiger partial charge in [0.05, 0.1) is 19.3 Å². The minimum atomic E-state index is -3.36. The highest BCUT2D eigenvalue weighted by Gasteiger charge is 2.29. The Hall–Kier alpha value is -0.710. The predicted molar refractivity (Wildman–Crippen MR) is 74.9 cm³/mol. The second kappa shape index (κ2) is 7.78. The first-order valence-corrected chi connectivity index (χ1v) is 7.96. The van der Waals surface area contributed by atoms with Gasteiger partial charge in [-0.05, 0) is 26.3 Å². The molecule has 19 heavy (non-hydrogen) atoms. The molecule has 1 aromatic rings. The van der Waals surface area contributed by atoms with Crippen molar-refractivity contribution in [1.82, 2.24) is 5.09 Å². The average molecular weight is 287 g/mol. The average Bonchev–Trinajstić information content (AvgIpc) is 2.39. The first-order chi connectivity index (χ1) is 9.02. The number of aliphatic hydroxyl groups excluding tert-OH is 1.